The summed E-state index contributed by atoms with van der Waals surface area (Å²) in [5.74, 6) is 0.841. The van der Waals surface area contributed by atoms with E-state index in [1.807, 2.05) is 19.1 Å². The predicted octanol–water partition coefficient (Wildman–Crippen LogP) is 2.73. The zero-order chi connectivity index (χ0) is 14.5. The third-order valence-corrected chi connectivity index (χ3v) is 3.04. The molecule has 2 aromatic heterocycles. The van der Waals surface area contributed by atoms with Crippen LogP contribution in [0.25, 0.3) is 0 Å². The molecule has 2 aromatic rings. The van der Waals surface area contributed by atoms with Crippen molar-refractivity contribution in [2.45, 2.75) is 26.9 Å². The van der Waals surface area contributed by atoms with Gasteiger partial charge in [0, 0.05) is 31.0 Å². The molecule has 0 radical (unpaired) electrons. The van der Waals surface area contributed by atoms with E-state index in [1.165, 1.54) is 5.56 Å². The Morgan fingerprint density at radius 2 is 1.85 bits per heavy atom. The third-order valence-electron chi connectivity index (χ3n) is 3.04. The summed E-state index contributed by atoms with van der Waals surface area (Å²) in [4.78, 5) is 11.1. The van der Waals surface area contributed by atoms with Crippen LogP contribution in [0.4, 0.5) is 0 Å². The lowest BCUT2D eigenvalue weighted by Gasteiger charge is -2.16. The summed E-state index contributed by atoms with van der Waals surface area (Å²) in [6.45, 7) is 5.70. The third kappa shape index (κ3) is 4.03. The number of ether oxygens (including phenoxy) is 1. The Balaban J connectivity index is 2.02. The lowest BCUT2D eigenvalue weighted by atomic mass is 10.2. The van der Waals surface area contributed by atoms with Crippen molar-refractivity contribution in [1.82, 2.24) is 14.9 Å². The number of aromatic nitrogens is 2. The average molecular weight is 271 g/mol. The standard InChI is InChI=1S/C16H21N3O/c1-12-7-13(2)18-15(8-12)11-19(3)10-14-9-16(20-4)5-6-17-14/h5-9H,10-11H2,1-4H3. The Kier molecular flexibility index (Phi) is 4.69. The van der Waals surface area contributed by atoms with Gasteiger partial charge in [-0.1, -0.05) is 0 Å². The monoisotopic (exact) mass is 271 g/mol. The van der Waals surface area contributed by atoms with Crippen LogP contribution < -0.4 is 4.74 Å². The van der Waals surface area contributed by atoms with Crippen LogP contribution in [0, 0.1) is 13.8 Å². The highest BCUT2D eigenvalue weighted by Crippen LogP contribution is 2.13. The van der Waals surface area contributed by atoms with Crippen LogP contribution in [0.5, 0.6) is 5.75 Å². The van der Waals surface area contributed by atoms with Crippen molar-refractivity contribution < 1.29 is 4.74 Å². The Bertz CT molecular complexity index is 563. The number of aryl methyl sites for hydroxylation is 2. The molecular formula is C16H21N3O. The first-order chi connectivity index (χ1) is 9.56. The van der Waals surface area contributed by atoms with Crippen molar-refractivity contribution in [1.29, 1.82) is 0 Å². The number of nitrogens with zero attached hydrogens (tertiary/aromatic N) is 3. The largest absolute Gasteiger partial charge is 0.497 e. The quantitative estimate of drug-likeness (QED) is 0.838. The fourth-order valence-corrected chi connectivity index (χ4v) is 2.28. The SMILES string of the molecule is COc1ccnc(CN(C)Cc2cc(C)cc(C)n2)c1. The summed E-state index contributed by atoms with van der Waals surface area (Å²) in [5, 5.41) is 0. The van der Waals surface area contributed by atoms with E-state index in [1.54, 1.807) is 13.3 Å². The molecule has 0 bridgehead atoms. The molecule has 0 fully saturated rings. The van der Waals surface area contributed by atoms with Crippen molar-refractivity contribution in [3.05, 3.63) is 53.1 Å². The van der Waals surface area contributed by atoms with E-state index >= 15 is 0 Å². The van der Waals surface area contributed by atoms with Gasteiger partial charge in [0.05, 0.1) is 18.5 Å². The van der Waals surface area contributed by atoms with E-state index in [0.717, 1.165) is 35.9 Å². The highest BCUT2D eigenvalue weighted by Gasteiger charge is 2.06. The van der Waals surface area contributed by atoms with Gasteiger partial charge >= 0.3 is 0 Å². The molecule has 106 valence electrons. The molecule has 2 heterocycles. The minimum atomic E-state index is 0.770. The van der Waals surface area contributed by atoms with Crippen LogP contribution in [0.1, 0.15) is 22.6 Å². The minimum absolute atomic E-state index is 0.770. The summed E-state index contributed by atoms with van der Waals surface area (Å²) >= 11 is 0. The van der Waals surface area contributed by atoms with Crippen LogP contribution in [0.15, 0.2) is 30.5 Å². The number of hydrogen-bond acceptors (Lipinski definition) is 4. The fraction of sp³-hybridized carbons (Fsp3) is 0.375. The van der Waals surface area contributed by atoms with E-state index in [4.69, 9.17) is 4.74 Å². The highest BCUT2D eigenvalue weighted by molar-refractivity contribution is 5.23. The van der Waals surface area contributed by atoms with Crippen LogP contribution in [-0.4, -0.2) is 29.0 Å². The summed E-state index contributed by atoms with van der Waals surface area (Å²) in [7, 11) is 3.74. The Hall–Kier alpha value is -1.94. The molecule has 0 amide bonds. The molecule has 0 aromatic carbocycles. The molecule has 0 aliphatic carbocycles. The Labute approximate surface area is 120 Å². The van der Waals surface area contributed by atoms with E-state index in [9.17, 15) is 0 Å². The number of pyridine rings is 2. The van der Waals surface area contributed by atoms with E-state index in [2.05, 4.69) is 41.0 Å². The van der Waals surface area contributed by atoms with Crippen molar-refractivity contribution in [3.8, 4) is 5.75 Å². The maximum Gasteiger partial charge on any atom is 0.122 e. The zero-order valence-electron chi connectivity index (χ0n) is 12.6. The molecule has 4 heteroatoms. The van der Waals surface area contributed by atoms with Gasteiger partial charge in [-0.2, -0.15) is 0 Å². The van der Waals surface area contributed by atoms with Gasteiger partial charge in [0.15, 0.2) is 0 Å². The van der Waals surface area contributed by atoms with E-state index in [-0.39, 0.29) is 0 Å². The second kappa shape index (κ2) is 6.48. The number of methoxy groups -OCH3 is 1. The normalized spacial score (nSPS) is 10.8. The van der Waals surface area contributed by atoms with Crippen LogP contribution >= 0.6 is 0 Å². The van der Waals surface area contributed by atoms with Gasteiger partial charge in [0.2, 0.25) is 0 Å². The molecule has 0 saturated heterocycles. The van der Waals surface area contributed by atoms with Gasteiger partial charge < -0.3 is 4.74 Å². The summed E-state index contributed by atoms with van der Waals surface area (Å²) < 4.78 is 5.22. The highest BCUT2D eigenvalue weighted by atomic mass is 16.5. The molecule has 2 rings (SSSR count). The van der Waals surface area contributed by atoms with Gasteiger partial charge in [-0.3, -0.25) is 14.9 Å². The second-order valence-electron chi connectivity index (χ2n) is 5.14. The molecule has 0 saturated carbocycles. The molecule has 20 heavy (non-hydrogen) atoms. The fourth-order valence-electron chi connectivity index (χ4n) is 2.28. The van der Waals surface area contributed by atoms with Crippen molar-refractivity contribution in [2.75, 3.05) is 14.2 Å². The zero-order valence-corrected chi connectivity index (χ0v) is 12.6. The number of rotatable bonds is 5. The minimum Gasteiger partial charge on any atom is -0.497 e. The maximum absolute atomic E-state index is 5.22. The molecule has 0 N–H and O–H groups in total. The van der Waals surface area contributed by atoms with Gasteiger partial charge in [0.1, 0.15) is 5.75 Å². The average Bonchev–Trinajstić information content (AvgIpc) is 2.37. The lowest BCUT2D eigenvalue weighted by molar-refractivity contribution is 0.310. The van der Waals surface area contributed by atoms with Gasteiger partial charge in [0.25, 0.3) is 0 Å². The smallest absolute Gasteiger partial charge is 0.122 e. The molecule has 0 aliphatic rings. The van der Waals surface area contributed by atoms with Crippen molar-refractivity contribution in [3.63, 3.8) is 0 Å². The van der Waals surface area contributed by atoms with Crippen molar-refractivity contribution in [2.24, 2.45) is 0 Å². The topological polar surface area (TPSA) is 38.2 Å². The summed E-state index contributed by atoms with van der Waals surface area (Å²) in [6.07, 6.45) is 1.77. The first-order valence-corrected chi connectivity index (χ1v) is 6.68. The van der Waals surface area contributed by atoms with Crippen molar-refractivity contribution >= 4 is 0 Å². The molecule has 0 unspecified atom stereocenters. The van der Waals surface area contributed by atoms with Crippen LogP contribution in [0.3, 0.4) is 0 Å². The van der Waals surface area contributed by atoms with Gasteiger partial charge in [-0.05, 0) is 44.7 Å². The molecule has 0 spiro atoms. The molecule has 0 aliphatic heterocycles. The first kappa shape index (κ1) is 14.5. The lowest BCUT2D eigenvalue weighted by Crippen LogP contribution is -2.19. The van der Waals surface area contributed by atoms with E-state index < -0.39 is 0 Å². The maximum atomic E-state index is 5.22. The van der Waals surface area contributed by atoms with E-state index in [0.29, 0.717) is 0 Å². The predicted molar refractivity (Wildman–Crippen MR) is 79.7 cm³/mol. The molecule has 4 nitrogen and oxygen atoms in total. The van der Waals surface area contributed by atoms with Crippen LogP contribution in [-0.2, 0) is 13.1 Å². The number of hydrogen-bond donors (Lipinski definition) is 0. The summed E-state index contributed by atoms with van der Waals surface area (Å²) in [6, 6.07) is 8.04. The van der Waals surface area contributed by atoms with Gasteiger partial charge in [-0.25, -0.2) is 0 Å². The first-order valence-electron chi connectivity index (χ1n) is 6.68. The second-order valence-corrected chi connectivity index (χ2v) is 5.14. The summed E-state index contributed by atoms with van der Waals surface area (Å²) in [5.41, 5.74) is 4.40. The molecular weight excluding hydrogens is 250 g/mol. The molecule has 0 atom stereocenters. The Morgan fingerprint density at radius 1 is 1.10 bits per heavy atom. The van der Waals surface area contributed by atoms with Gasteiger partial charge in [-0.15, -0.1) is 0 Å². The van der Waals surface area contributed by atoms with Crippen LogP contribution in [0.2, 0.25) is 0 Å². The Morgan fingerprint density at radius 3 is 2.55 bits per heavy atom.